The van der Waals surface area contributed by atoms with Crippen molar-refractivity contribution >= 4 is 10.0 Å². The summed E-state index contributed by atoms with van der Waals surface area (Å²) in [7, 11) is -3.67. The lowest BCUT2D eigenvalue weighted by Gasteiger charge is -2.10. The molecule has 1 saturated carbocycles. The number of nitrogens with one attached hydrogen (secondary N) is 1. The normalized spacial score (nSPS) is 14.3. The van der Waals surface area contributed by atoms with Crippen LogP contribution in [0.4, 0.5) is 0 Å². The molecule has 152 valence electrons. The maximum Gasteiger partial charge on any atom is 0.346 e. The molecule has 0 amide bonds. The van der Waals surface area contributed by atoms with Crippen LogP contribution < -0.4 is 10.4 Å². The Balaban J connectivity index is 1.55. The van der Waals surface area contributed by atoms with Crippen molar-refractivity contribution in [2.75, 3.05) is 6.54 Å². The number of benzene rings is 1. The summed E-state index contributed by atoms with van der Waals surface area (Å²) in [6.07, 6.45) is 5.23. The first-order valence-corrected chi connectivity index (χ1v) is 11.0. The molecule has 29 heavy (non-hydrogen) atoms. The van der Waals surface area contributed by atoms with Gasteiger partial charge in [-0.25, -0.2) is 22.6 Å². The van der Waals surface area contributed by atoms with Gasteiger partial charge in [-0.05, 0) is 56.0 Å². The van der Waals surface area contributed by atoms with Gasteiger partial charge in [0.2, 0.25) is 10.0 Å². The van der Waals surface area contributed by atoms with Crippen molar-refractivity contribution in [1.29, 1.82) is 0 Å². The summed E-state index contributed by atoms with van der Waals surface area (Å²) in [4.78, 5) is 17.2. The molecule has 1 aromatic carbocycles. The number of sulfonamides is 1. The van der Waals surface area contributed by atoms with Crippen molar-refractivity contribution in [3.63, 3.8) is 0 Å². The first-order chi connectivity index (χ1) is 13.9. The highest BCUT2D eigenvalue weighted by atomic mass is 32.2. The summed E-state index contributed by atoms with van der Waals surface area (Å²) in [6, 6.07) is 9.12. The molecule has 0 atom stereocenters. The molecular weight excluding hydrogens is 390 g/mol. The maximum absolute atomic E-state index is 12.8. The highest BCUT2D eigenvalue weighted by Crippen LogP contribution is 2.36. The lowest BCUT2D eigenvalue weighted by molar-refractivity contribution is 0.546. The Morgan fingerprint density at radius 2 is 2.00 bits per heavy atom. The molecule has 1 aliphatic carbocycles. The Morgan fingerprint density at radius 3 is 2.69 bits per heavy atom. The molecule has 1 fully saturated rings. The molecule has 0 spiro atoms. The van der Waals surface area contributed by atoms with Crippen molar-refractivity contribution in [1.82, 2.24) is 24.1 Å². The van der Waals surface area contributed by atoms with E-state index in [-0.39, 0.29) is 29.7 Å². The van der Waals surface area contributed by atoms with Crippen molar-refractivity contribution < 1.29 is 8.42 Å². The molecule has 3 aromatic rings. The summed E-state index contributed by atoms with van der Waals surface area (Å²) in [5.74, 6) is 0.572. The van der Waals surface area contributed by atoms with Crippen molar-refractivity contribution in [2.45, 2.75) is 44.2 Å². The Hall–Kier alpha value is -2.78. The fraction of sp³-hybridized carbons (Fsp3) is 0.350. The van der Waals surface area contributed by atoms with Crippen LogP contribution in [-0.2, 0) is 16.6 Å². The molecule has 0 unspecified atom stereocenters. The second-order valence-electron chi connectivity index (χ2n) is 7.34. The highest BCUT2D eigenvalue weighted by molar-refractivity contribution is 7.89. The van der Waals surface area contributed by atoms with Crippen molar-refractivity contribution in [3.05, 3.63) is 64.3 Å². The molecule has 0 bridgehead atoms. The third-order valence-corrected chi connectivity index (χ3v) is 6.55. The van der Waals surface area contributed by atoms with Gasteiger partial charge in [-0.3, -0.25) is 9.55 Å². The quantitative estimate of drug-likeness (QED) is 0.639. The largest absolute Gasteiger partial charge is 0.346 e. The third kappa shape index (κ3) is 4.01. The maximum atomic E-state index is 12.8. The van der Waals surface area contributed by atoms with Crippen LogP contribution in [0.3, 0.4) is 0 Å². The SMILES string of the molecule is Cc1ccc(C)c(S(=O)(=O)NCCn2nc(-c3cccnc3)n(C3CC3)c2=O)c1. The Kier molecular flexibility index (Phi) is 5.10. The minimum absolute atomic E-state index is 0.0732. The van der Waals surface area contributed by atoms with E-state index in [9.17, 15) is 13.2 Å². The molecule has 2 heterocycles. The van der Waals surface area contributed by atoms with E-state index in [1.165, 1.54) is 4.68 Å². The summed E-state index contributed by atoms with van der Waals surface area (Å²) in [5.41, 5.74) is 2.09. The zero-order valence-corrected chi connectivity index (χ0v) is 17.2. The summed E-state index contributed by atoms with van der Waals surface area (Å²) >= 11 is 0. The second-order valence-corrected chi connectivity index (χ2v) is 9.07. The topological polar surface area (TPSA) is 98.9 Å². The van der Waals surface area contributed by atoms with Crippen LogP contribution in [0, 0.1) is 13.8 Å². The first-order valence-electron chi connectivity index (χ1n) is 9.53. The van der Waals surface area contributed by atoms with Gasteiger partial charge in [0.25, 0.3) is 0 Å². The Bertz CT molecular complexity index is 1190. The zero-order valence-electron chi connectivity index (χ0n) is 16.4. The number of nitrogens with zero attached hydrogens (tertiary/aromatic N) is 4. The summed E-state index contributed by atoms with van der Waals surface area (Å²) in [5, 5.41) is 4.46. The Labute approximate surface area is 169 Å². The van der Waals surface area contributed by atoms with E-state index in [1.807, 2.05) is 19.1 Å². The van der Waals surface area contributed by atoms with Gasteiger partial charge in [0, 0.05) is 30.5 Å². The predicted molar refractivity (Wildman–Crippen MR) is 109 cm³/mol. The number of hydrogen-bond acceptors (Lipinski definition) is 5. The molecule has 2 aromatic heterocycles. The van der Waals surface area contributed by atoms with Crippen LogP contribution in [0.15, 0.2) is 52.4 Å². The number of hydrogen-bond donors (Lipinski definition) is 1. The molecule has 4 rings (SSSR count). The predicted octanol–water partition coefficient (Wildman–Crippen LogP) is 2.04. The first kappa shape index (κ1) is 19.5. The van der Waals surface area contributed by atoms with Crippen molar-refractivity contribution in [3.8, 4) is 11.4 Å². The third-order valence-electron chi connectivity index (χ3n) is 4.95. The van der Waals surface area contributed by atoms with E-state index < -0.39 is 10.0 Å². The standard InChI is InChI=1S/C20H23N5O3S/c1-14-5-6-15(2)18(12-14)29(27,28)22-10-11-24-20(26)25(17-7-8-17)19(23-24)16-4-3-9-21-13-16/h3-6,9,12-13,17,22H,7-8,10-11H2,1-2H3. The lowest BCUT2D eigenvalue weighted by atomic mass is 10.2. The molecule has 0 aliphatic heterocycles. The van der Waals surface area contributed by atoms with Gasteiger partial charge in [-0.15, -0.1) is 5.10 Å². The minimum atomic E-state index is -3.67. The molecule has 1 aliphatic rings. The Morgan fingerprint density at radius 1 is 1.21 bits per heavy atom. The van der Waals surface area contributed by atoms with Crippen LogP contribution in [0.25, 0.3) is 11.4 Å². The molecule has 0 radical (unpaired) electrons. The van der Waals surface area contributed by atoms with Crippen LogP contribution >= 0.6 is 0 Å². The molecular formula is C20H23N5O3S. The summed E-state index contributed by atoms with van der Waals surface area (Å²) in [6.45, 7) is 3.83. The number of rotatable bonds is 7. The highest BCUT2D eigenvalue weighted by Gasteiger charge is 2.30. The molecule has 1 N–H and O–H groups in total. The van der Waals surface area contributed by atoms with Crippen LogP contribution in [0.1, 0.15) is 30.0 Å². The molecule has 8 nitrogen and oxygen atoms in total. The smallest absolute Gasteiger partial charge is 0.272 e. The van der Waals surface area contributed by atoms with E-state index in [2.05, 4.69) is 14.8 Å². The average molecular weight is 414 g/mol. The van der Waals surface area contributed by atoms with Gasteiger partial charge in [-0.2, -0.15) is 0 Å². The number of aryl methyl sites for hydroxylation is 2. The van der Waals surface area contributed by atoms with Crippen LogP contribution in [0.5, 0.6) is 0 Å². The van der Waals surface area contributed by atoms with E-state index in [1.54, 1.807) is 42.1 Å². The fourth-order valence-corrected chi connectivity index (χ4v) is 4.63. The summed E-state index contributed by atoms with van der Waals surface area (Å²) < 4.78 is 30.9. The molecule has 9 heteroatoms. The van der Waals surface area contributed by atoms with Gasteiger partial charge in [0.05, 0.1) is 11.4 Å². The van der Waals surface area contributed by atoms with Crippen LogP contribution in [0.2, 0.25) is 0 Å². The van der Waals surface area contributed by atoms with E-state index >= 15 is 0 Å². The van der Waals surface area contributed by atoms with Gasteiger partial charge in [0.1, 0.15) is 0 Å². The van der Waals surface area contributed by atoms with Crippen LogP contribution in [-0.4, -0.2) is 34.3 Å². The van der Waals surface area contributed by atoms with E-state index in [0.717, 1.165) is 24.0 Å². The zero-order chi connectivity index (χ0) is 20.6. The van der Waals surface area contributed by atoms with Crippen molar-refractivity contribution in [2.24, 2.45) is 0 Å². The van der Waals surface area contributed by atoms with Gasteiger partial charge in [-0.1, -0.05) is 12.1 Å². The van der Waals surface area contributed by atoms with Gasteiger partial charge in [0.15, 0.2) is 5.82 Å². The fourth-order valence-electron chi connectivity index (χ4n) is 3.28. The van der Waals surface area contributed by atoms with Gasteiger partial charge >= 0.3 is 5.69 Å². The van der Waals surface area contributed by atoms with E-state index in [4.69, 9.17) is 0 Å². The number of pyridine rings is 1. The molecule has 0 saturated heterocycles. The minimum Gasteiger partial charge on any atom is -0.272 e. The average Bonchev–Trinajstić information content (AvgIpc) is 3.48. The number of aromatic nitrogens is 4. The van der Waals surface area contributed by atoms with E-state index in [0.29, 0.717) is 11.4 Å². The monoisotopic (exact) mass is 413 g/mol. The lowest BCUT2D eigenvalue weighted by Crippen LogP contribution is -2.32. The second kappa shape index (κ2) is 7.57. The van der Waals surface area contributed by atoms with Gasteiger partial charge < -0.3 is 0 Å².